The van der Waals surface area contributed by atoms with Crippen LogP contribution in [0.25, 0.3) is 77.2 Å². The minimum absolute atomic E-state index is 0.0586. The number of anilines is 3. The molecule has 0 fully saturated rings. The van der Waals surface area contributed by atoms with Crippen molar-refractivity contribution >= 4 is 129 Å². The van der Waals surface area contributed by atoms with E-state index in [1.807, 2.05) is 0 Å². The van der Waals surface area contributed by atoms with Gasteiger partial charge in [-0.2, -0.15) is 0 Å². The molecule has 7 heteroatoms. The van der Waals surface area contributed by atoms with Gasteiger partial charge in [0.2, 0.25) is 0 Å². The smallest absolute Gasteiger partial charge is 0.256 e. The molecule has 2 aromatic heterocycles. The predicted octanol–water partition coefficient (Wildman–Crippen LogP) is 15.0. The molecule has 0 aliphatic carbocycles. The highest BCUT2D eigenvalue weighted by atomic mass is 127. The van der Waals surface area contributed by atoms with Gasteiger partial charge < -0.3 is 18.8 Å². The van der Waals surface area contributed by atoms with Crippen molar-refractivity contribution in [1.29, 1.82) is 0 Å². The van der Waals surface area contributed by atoms with E-state index in [0.29, 0.717) is 0 Å². The van der Waals surface area contributed by atoms with Gasteiger partial charge in [0.1, 0.15) is 11.5 Å². The van der Waals surface area contributed by atoms with Crippen LogP contribution in [0.15, 0.2) is 176 Å². The molecule has 0 bridgehead atoms. The molecule has 4 aliphatic rings. The van der Waals surface area contributed by atoms with Crippen LogP contribution in [0.1, 0.15) is 67.3 Å². The fraction of sp³-hybridized carbons (Fsp3) is 0.155. The van der Waals surface area contributed by atoms with E-state index in [-0.39, 0.29) is 13.4 Å². The molecule has 78 heavy (non-hydrogen) atoms. The zero-order valence-electron chi connectivity index (χ0n) is 44.8. The van der Waals surface area contributed by atoms with Gasteiger partial charge in [0.25, 0.3) is 13.4 Å². The maximum absolute atomic E-state index is 7.63. The molecule has 0 amide bonds. The number of aryl methyl sites for hydroxylation is 5. The molecule has 0 saturated carbocycles. The number of hydrogen-bond acceptors (Lipinski definition) is 2. The largest absolute Gasteiger partial charge is 0.458 e. The number of unbranched alkanes of at least 4 members (excludes halogenated alkanes) is 2. The van der Waals surface area contributed by atoms with Gasteiger partial charge in [-0.05, 0) is 225 Å². The third kappa shape index (κ3) is 6.60. The van der Waals surface area contributed by atoms with Crippen molar-refractivity contribution in [2.45, 2.75) is 73.1 Å². The summed E-state index contributed by atoms with van der Waals surface area (Å²) in [6, 6.07) is 68.3. The summed E-state index contributed by atoms with van der Waals surface area (Å²) in [4.78, 5) is 2.57. The molecule has 0 unspecified atom stereocenters. The van der Waals surface area contributed by atoms with Crippen LogP contribution in [0.2, 0.25) is 0 Å². The number of para-hydroxylation sites is 1. The van der Waals surface area contributed by atoms with Crippen molar-refractivity contribution in [3.05, 3.63) is 207 Å². The zero-order valence-corrected chi connectivity index (χ0v) is 46.9. The number of ether oxygens (including phenoxy) is 1. The Bertz CT molecular complexity index is 4580. The lowest BCUT2D eigenvalue weighted by atomic mass is 9.31. The van der Waals surface area contributed by atoms with Crippen molar-refractivity contribution in [1.82, 2.24) is 9.13 Å². The molecule has 0 N–H and O–H groups in total. The summed E-state index contributed by atoms with van der Waals surface area (Å²) in [5.74, 6) is 1.84. The van der Waals surface area contributed by atoms with Crippen LogP contribution < -0.4 is 42.4 Å². The highest BCUT2D eigenvalue weighted by molar-refractivity contribution is 14.1. The standard InChI is InChI=1S/C71H56B2IN3O/c1-6-8-17-44-23-29-60-53(33-44)52-21-14-22-56-70(52)77(60)65-37-47(51-20-13-11-16-43(51)5)38-67-69(65)72(56)58-39-57-62(40-66(58)78-67)75(49-27-25-48(74)26-28-49)63-35-46(50-19-12-10-15-42(50)4)36-64-68(63)73(57)59-32-41(3)31-55-54-34-45(18-9-7-2)24-30-61(54)76(64)71(55)59/h10-16,19-40H,6-9,17-18H2,1-5H3. The maximum Gasteiger partial charge on any atom is 0.256 e. The molecule has 4 aliphatic heterocycles. The van der Waals surface area contributed by atoms with Crippen LogP contribution in [0.3, 0.4) is 0 Å². The summed E-state index contributed by atoms with van der Waals surface area (Å²) in [5, 5.41) is 5.31. The van der Waals surface area contributed by atoms with Gasteiger partial charge in [0, 0.05) is 70.7 Å². The Kier molecular flexibility index (Phi) is 10.3. The predicted molar refractivity (Wildman–Crippen MR) is 341 cm³/mol. The molecule has 16 rings (SSSR count). The van der Waals surface area contributed by atoms with Crippen LogP contribution in [0.5, 0.6) is 11.5 Å². The van der Waals surface area contributed by atoms with E-state index in [4.69, 9.17) is 4.74 Å². The molecular formula is C71H56B2IN3O. The average Bonchev–Trinajstić information content (AvgIpc) is 3.39. The number of hydrogen-bond donors (Lipinski definition) is 0. The summed E-state index contributed by atoms with van der Waals surface area (Å²) in [6.07, 6.45) is 6.87. The fourth-order valence-electron chi connectivity index (χ4n) is 14.5. The maximum atomic E-state index is 7.63. The van der Waals surface area contributed by atoms with Crippen LogP contribution >= 0.6 is 22.6 Å². The van der Waals surface area contributed by atoms with Crippen molar-refractivity contribution in [2.24, 2.45) is 0 Å². The highest BCUT2D eigenvalue weighted by Gasteiger charge is 2.47. The molecule has 0 spiro atoms. The Balaban J connectivity index is 1.02. The lowest BCUT2D eigenvalue weighted by Gasteiger charge is -2.42. The van der Waals surface area contributed by atoms with Gasteiger partial charge in [0.15, 0.2) is 0 Å². The molecule has 0 saturated heterocycles. The zero-order chi connectivity index (χ0) is 52.2. The van der Waals surface area contributed by atoms with E-state index in [2.05, 4.69) is 247 Å². The summed E-state index contributed by atoms with van der Waals surface area (Å²) in [6.45, 7) is 11.2. The van der Waals surface area contributed by atoms with Gasteiger partial charge >= 0.3 is 0 Å². The quantitative estimate of drug-likeness (QED) is 0.106. The number of benzene rings is 10. The van der Waals surface area contributed by atoms with Gasteiger partial charge in [-0.1, -0.05) is 123 Å². The Morgan fingerprint density at radius 3 is 1.72 bits per heavy atom. The number of rotatable bonds is 9. The summed E-state index contributed by atoms with van der Waals surface area (Å²) in [7, 11) is 0. The lowest BCUT2D eigenvalue weighted by molar-refractivity contribution is 0.487. The topological polar surface area (TPSA) is 22.3 Å². The van der Waals surface area contributed by atoms with E-state index in [1.54, 1.807) is 0 Å². The molecule has 4 nitrogen and oxygen atoms in total. The Hall–Kier alpha value is -7.74. The molecule has 0 radical (unpaired) electrons. The molecule has 0 atom stereocenters. The Morgan fingerprint density at radius 1 is 0.449 bits per heavy atom. The number of nitrogens with zero attached hydrogens (tertiary/aromatic N) is 3. The van der Waals surface area contributed by atoms with Crippen LogP contribution in [-0.4, -0.2) is 22.6 Å². The molecule has 10 aromatic carbocycles. The van der Waals surface area contributed by atoms with Crippen LogP contribution in [-0.2, 0) is 12.8 Å². The monoisotopic (exact) mass is 1120 g/mol. The first-order valence-corrected chi connectivity index (χ1v) is 29.4. The van der Waals surface area contributed by atoms with Crippen molar-refractivity contribution in [3.63, 3.8) is 0 Å². The average molecular weight is 1120 g/mol. The first-order chi connectivity index (χ1) is 38.2. The molecular weight excluding hydrogens is 1060 g/mol. The fourth-order valence-corrected chi connectivity index (χ4v) is 14.9. The van der Waals surface area contributed by atoms with Gasteiger partial charge in [-0.15, -0.1) is 0 Å². The van der Waals surface area contributed by atoms with Crippen molar-refractivity contribution in [3.8, 4) is 45.1 Å². The molecule has 374 valence electrons. The second-order valence-corrected chi connectivity index (χ2v) is 24.0. The summed E-state index contributed by atoms with van der Waals surface area (Å²) >= 11 is 2.45. The first kappa shape index (κ1) is 46.4. The first-order valence-electron chi connectivity index (χ1n) is 28.3. The van der Waals surface area contributed by atoms with E-state index in [1.165, 1.54) is 173 Å². The number of halogens is 1. The minimum atomic E-state index is -0.0693. The van der Waals surface area contributed by atoms with E-state index in [0.717, 1.165) is 35.7 Å². The number of aromatic nitrogens is 2. The van der Waals surface area contributed by atoms with Crippen molar-refractivity contribution < 1.29 is 4.74 Å². The normalized spacial score (nSPS) is 13.3. The Morgan fingerprint density at radius 2 is 1.05 bits per heavy atom. The van der Waals surface area contributed by atoms with E-state index < -0.39 is 0 Å². The summed E-state index contributed by atoms with van der Waals surface area (Å²) < 4.78 is 14.1. The second kappa shape index (κ2) is 17.4. The Labute approximate surface area is 470 Å². The second-order valence-electron chi connectivity index (χ2n) is 22.8. The van der Waals surface area contributed by atoms with Crippen molar-refractivity contribution in [2.75, 3.05) is 4.90 Å². The van der Waals surface area contributed by atoms with Gasteiger partial charge in [-0.25, -0.2) is 0 Å². The van der Waals surface area contributed by atoms with E-state index in [9.17, 15) is 0 Å². The highest BCUT2D eigenvalue weighted by Crippen LogP contribution is 2.47. The molecule has 6 heterocycles. The third-order valence-electron chi connectivity index (χ3n) is 18.0. The SMILES string of the molecule is CCCCc1ccc2c(c1)c1cccc3c1n2-c1cc(-c2ccccc2C)cc2c1B3c1cc3c(cc1O2)N(c1ccc(I)cc1)c1cc(-c2ccccc2C)cc2c1B3c1cc(C)cc3c4cc(CCCC)ccc4n-2c13. The van der Waals surface area contributed by atoms with Gasteiger partial charge in [0.05, 0.1) is 11.0 Å². The van der Waals surface area contributed by atoms with Crippen LogP contribution in [0, 0.1) is 24.3 Å². The minimum Gasteiger partial charge on any atom is -0.458 e. The number of fused-ring (bicyclic) bond motifs is 14. The third-order valence-corrected chi connectivity index (χ3v) is 18.8. The lowest BCUT2D eigenvalue weighted by Crippen LogP contribution is -2.63. The van der Waals surface area contributed by atoms with Crippen LogP contribution in [0.4, 0.5) is 17.1 Å². The summed E-state index contributed by atoms with van der Waals surface area (Å²) in [5.41, 5.74) is 30.3. The molecule has 12 aromatic rings. The van der Waals surface area contributed by atoms with E-state index >= 15 is 0 Å². The van der Waals surface area contributed by atoms with Gasteiger partial charge in [-0.3, -0.25) is 0 Å².